The van der Waals surface area contributed by atoms with Crippen LogP contribution in [-0.2, 0) is 4.74 Å². The molecule has 1 saturated carbocycles. The first kappa shape index (κ1) is 16.3. The van der Waals surface area contributed by atoms with Crippen LogP contribution in [0.15, 0.2) is 24.3 Å². The summed E-state index contributed by atoms with van der Waals surface area (Å²) in [6.45, 7) is 4.43. The molecule has 0 amide bonds. The van der Waals surface area contributed by atoms with E-state index >= 15 is 0 Å². The molecule has 4 unspecified atom stereocenters. The van der Waals surface area contributed by atoms with Gasteiger partial charge in [-0.05, 0) is 42.9 Å². The third-order valence-corrected chi connectivity index (χ3v) is 4.51. The average Bonchev–Trinajstić information content (AvgIpc) is 2.52. The maximum atomic E-state index is 6.42. The van der Waals surface area contributed by atoms with Crippen molar-refractivity contribution in [3.8, 4) is 5.75 Å². The molecule has 0 heterocycles. The quantitative estimate of drug-likeness (QED) is 0.859. The first-order valence-corrected chi connectivity index (χ1v) is 8.19. The number of hydrogen-bond acceptors (Lipinski definition) is 3. The molecule has 1 aromatic rings. The van der Waals surface area contributed by atoms with Gasteiger partial charge in [-0.2, -0.15) is 0 Å². The summed E-state index contributed by atoms with van der Waals surface area (Å²) >= 11 is 0. The van der Waals surface area contributed by atoms with Gasteiger partial charge in [0.05, 0.1) is 19.3 Å². The topological polar surface area (TPSA) is 44.5 Å². The predicted molar refractivity (Wildman–Crippen MR) is 86.5 cm³/mol. The Hall–Kier alpha value is -1.06. The Morgan fingerprint density at radius 1 is 1.33 bits per heavy atom. The molecule has 2 rings (SSSR count). The molecule has 3 nitrogen and oxygen atoms in total. The number of rotatable bonds is 6. The second kappa shape index (κ2) is 7.81. The van der Waals surface area contributed by atoms with Crippen molar-refractivity contribution in [2.24, 2.45) is 11.7 Å². The number of benzene rings is 1. The van der Waals surface area contributed by atoms with Crippen molar-refractivity contribution in [3.63, 3.8) is 0 Å². The Morgan fingerprint density at radius 2 is 2.14 bits per heavy atom. The third kappa shape index (κ3) is 4.45. The average molecular weight is 291 g/mol. The molecule has 1 aliphatic rings. The fraction of sp³-hybridized carbons (Fsp3) is 0.667. The van der Waals surface area contributed by atoms with E-state index in [4.69, 9.17) is 15.2 Å². The van der Waals surface area contributed by atoms with Crippen molar-refractivity contribution < 1.29 is 9.47 Å². The summed E-state index contributed by atoms with van der Waals surface area (Å²) < 4.78 is 11.7. The molecule has 0 aliphatic heterocycles. The van der Waals surface area contributed by atoms with Crippen LogP contribution in [0.5, 0.6) is 5.75 Å². The number of ether oxygens (including phenoxy) is 2. The molecule has 0 bridgehead atoms. The minimum Gasteiger partial charge on any atom is -0.497 e. The number of hydrogen-bond donors (Lipinski definition) is 1. The minimum atomic E-state index is -0.0413. The standard InChI is InChI=1S/C18H29NO2/c1-4-17(19)18(14-8-6-9-15(12-14)20-3)21-16-10-5-7-13(2)11-16/h6,8-9,12-13,16-18H,4-5,7,10-11,19H2,1-3H3. The zero-order valence-corrected chi connectivity index (χ0v) is 13.5. The van der Waals surface area contributed by atoms with Crippen LogP contribution in [0.4, 0.5) is 0 Å². The highest BCUT2D eigenvalue weighted by atomic mass is 16.5. The smallest absolute Gasteiger partial charge is 0.119 e. The summed E-state index contributed by atoms with van der Waals surface area (Å²) in [5, 5.41) is 0. The first-order valence-electron chi connectivity index (χ1n) is 8.19. The third-order valence-electron chi connectivity index (χ3n) is 4.51. The molecule has 0 saturated heterocycles. The van der Waals surface area contributed by atoms with Gasteiger partial charge in [0.1, 0.15) is 5.75 Å². The van der Waals surface area contributed by atoms with Gasteiger partial charge in [-0.3, -0.25) is 0 Å². The molecule has 4 atom stereocenters. The zero-order chi connectivity index (χ0) is 15.2. The lowest BCUT2D eigenvalue weighted by Crippen LogP contribution is -2.34. The SMILES string of the molecule is CCC(N)C(OC1CCCC(C)C1)c1cccc(OC)c1. The van der Waals surface area contributed by atoms with E-state index in [0.717, 1.165) is 36.5 Å². The summed E-state index contributed by atoms with van der Waals surface area (Å²) in [6, 6.07) is 8.13. The van der Waals surface area contributed by atoms with Gasteiger partial charge in [0.15, 0.2) is 0 Å². The lowest BCUT2D eigenvalue weighted by molar-refractivity contribution is -0.0518. The van der Waals surface area contributed by atoms with Gasteiger partial charge < -0.3 is 15.2 Å². The van der Waals surface area contributed by atoms with E-state index in [1.807, 2.05) is 18.2 Å². The Labute approximate surface area is 128 Å². The largest absolute Gasteiger partial charge is 0.497 e. The molecule has 1 aliphatic carbocycles. The molecular weight excluding hydrogens is 262 g/mol. The Balaban J connectivity index is 2.13. The summed E-state index contributed by atoms with van der Waals surface area (Å²) in [6.07, 6.45) is 6.09. The van der Waals surface area contributed by atoms with Crippen molar-refractivity contribution >= 4 is 0 Å². The molecule has 118 valence electrons. The fourth-order valence-corrected chi connectivity index (χ4v) is 3.17. The first-order chi connectivity index (χ1) is 10.1. The minimum absolute atomic E-state index is 0.0225. The highest BCUT2D eigenvalue weighted by molar-refractivity contribution is 5.30. The van der Waals surface area contributed by atoms with Crippen molar-refractivity contribution in [1.29, 1.82) is 0 Å². The van der Waals surface area contributed by atoms with Crippen LogP contribution < -0.4 is 10.5 Å². The molecule has 1 fully saturated rings. The Bertz CT molecular complexity index is 435. The van der Waals surface area contributed by atoms with Crippen LogP contribution in [0.2, 0.25) is 0 Å². The van der Waals surface area contributed by atoms with Gasteiger partial charge in [0.25, 0.3) is 0 Å². The normalized spacial score (nSPS) is 25.3. The monoisotopic (exact) mass is 291 g/mol. The molecule has 2 N–H and O–H groups in total. The van der Waals surface area contributed by atoms with Crippen LogP contribution in [0.1, 0.15) is 57.6 Å². The van der Waals surface area contributed by atoms with Gasteiger partial charge >= 0.3 is 0 Å². The van der Waals surface area contributed by atoms with E-state index in [1.54, 1.807) is 7.11 Å². The van der Waals surface area contributed by atoms with Crippen LogP contribution in [0.3, 0.4) is 0 Å². The maximum absolute atomic E-state index is 6.42. The van der Waals surface area contributed by atoms with E-state index < -0.39 is 0 Å². The Kier molecular flexibility index (Phi) is 6.07. The molecule has 1 aromatic carbocycles. The summed E-state index contributed by atoms with van der Waals surface area (Å²) in [5.41, 5.74) is 7.45. The fourth-order valence-electron chi connectivity index (χ4n) is 3.17. The second-order valence-corrected chi connectivity index (χ2v) is 6.30. The van der Waals surface area contributed by atoms with Gasteiger partial charge in [0, 0.05) is 6.04 Å². The Morgan fingerprint density at radius 3 is 2.81 bits per heavy atom. The van der Waals surface area contributed by atoms with E-state index in [0.29, 0.717) is 6.10 Å². The molecule has 3 heteroatoms. The lowest BCUT2D eigenvalue weighted by Gasteiger charge is -2.33. The zero-order valence-electron chi connectivity index (χ0n) is 13.5. The number of methoxy groups -OCH3 is 1. The molecule has 21 heavy (non-hydrogen) atoms. The van der Waals surface area contributed by atoms with Gasteiger partial charge in [0.2, 0.25) is 0 Å². The van der Waals surface area contributed by atoms with E-state index in [-0.39, 0.29) is 12.1 Å². The molecular formula is C18H29NO2. The van der Waals surface area contributed by atoms with Crippen LogP contribution in [0.25, 0.3) is 0 Å². The van der Waals surface area contributed by atoms with Crippen molar-refractivity contribution in [2.45, 2.75) is 64.2 Å². The van der Waals surface area contributed by atoms with E-state index in [9.17, 15) is 0 Å². The highest BCUT2D eigenvalue weighted by Gasteiger charge is 2.27. The molecule has 0 radical (unpaired) electrons. The number of nitrogens with two attached hydrogens (primary N) is 1. The van der Waals surface area contributed by atoms with E-state index in [1.165, 1.54) is 12.8 Å². The summed E-state index contributed by atoms with van der Waals surface area (Å²) in [5.74, 6) is 1.62. The van der Waals surface area contributed by atoms with Crippen LogP contribution in [0, 0.1) is 5.92 Å². The van der Waals surface area contributed by atoms with Crippen molar-refractivity contribution in [2.75, 3.05) is 7.11 Å². The van der Waals surface area contributed by atoms with Crippen LogP contribution in [-0.4, -0.2) is 19.3 Å². The predicted octanol–water partition coefficient (Wildman–Crippen LogP) is 4.07. The van der Waals surface area contributed by atoms with Crippen LogP contribution >= 0.6 is 0 Å². The van der Waals surface area contributed by atoms with Crippen molar-refractivity contribution in [3.05, 3.63) is 29.8 Å². The van der Waals surface area contributed by atoms with Gasteiger partial charge in [-0.25, -0.2) is 0 Å². The lowest BCUT2D eigenvalue weighted by atomic mass is 9.88. The van der Waals surface area contributed by atoms with Gasteiger partial charge in [-0.15, -0.1) is 0 Å². The highest BCUT2D eigenvalue weighted by Crippen LogP contribution is 2.32. The van der Waals surface area contributed by atoms with Gasteiger partial charge in [-0.1, -0.05) is 38.8 Å². The summed E-state index contributed by atoms with van der Waals surface area (Å²) in [7, 11) is 1.69. The molecule has 0 spiro atoms. The summed E-state index contributed by atoms with van der Waals surface area (Å²) in [4.78, 5) is 0. The molecule has 0 aromatic heterocycles. The maximum Gasteiger partial charge on any atom is 0.119 e. The second-order valence-electron chi connectivity index (χ2n) is 6.30. The van der Waals surface area contributed by atoms with Crippen molar-refractivity contribution in [1.82, 2.24) is 0 Å². The van der Waals surface area contributed by atoms with E-state index in [2.05, 4.69) is 19.9 Å².